The van der Waals surface area contributed by atoms with E-state index in [1.807, 2.05) is 30.3 Å². The number of H-pyrrole nitrogens is 1. The quantitative estimate of drug-likeness (QED) is 0.675. The van der Waals surface area contributed by atoms with Gasteiger partial charge in [-0.25, -0.2) is 4.98 Å². The summed E-state index contributed by atoms with van der Waals surface area (Å²) in [5.74, 6) is -0.546. The first kappa shape index (κ1) is 16.4. The number of thiocarbonyl (C=S) groups is 1. The van der Waals surface area contributed by atoms with Gasteiger partial charge in [-0.1, -0.05) is 54.3 Å². The second-order valence-electron chi connectivity index (χ2n) is 5.02. The van der Waals surface area contributed by atoms with E-state index in [0.29, 0.717) is 14.9 Å². The van der Waals surface area contributed by atoms with Crippen molar-refractivity contribution in [1.29, 1.82) is 0 Å². The fourth-order valence-corrected chi connectivity index (χ4v) is 3.41. The molecule has 2 heterocycles. The molecular formula is C17H14N3O2S2+. The number of aromatic nitrogens is 1. The largest absolute Gasteiger partial charge is 0.320 e. The molecule has 7 heteroatoms. The van der Waals surface area contributed by atoms with Crippen LogP contribution in [-0.2, 0) is 9.59 Å². The molecule has 1 saturated heterocycles. The van der Waals surface area contributed by atoms with Gasteiger partial charge in [-0.2, -0.15) is 0 Å². The standard InChI is InChI=1S/C17H13N3O2S2/c21-15(19-13-7-4-8-18-10-13)11-20-16(22)14(24-17(20)23)9-12-5-2-1-3-6-12/h1-10H,11H2,(H,19,21)/p+1. The van der Waals surface area contributed by atoms with E-state index in [1.165, 1.54) is 16.7 Å². The first-order valence-corrected chi connectivity index (χ1v) is 8.42. The van der Waals surface area contributed by atoms with Gasteiger partial charge >= 0.3 is 0 Å². The lowest BCUT2D eigenvalue weighted by molar-refractivity contribution is -0.377. The zero-order valence-corrected chi connectivity index (χ0v) is 14.2. The number of rotatable bonds is 4. The first-order valence-electron chi connectivity index (χ1n) is 7.20. The predicted octanol–water partition coefficient (Wildman–Crippen LogP) is 2.34. The van der Waals surface area contributed by atoms with Crippen LogP contribution in [0, 0.1) is 0 Å². The maximum absolute atomic E-state index is 12.5. The fourth-order valence-electron chi connectivity index (χ4n) is 2.15. The number of benzene rings is 1. The van der Waals surface area contributed by atoms with E-state index in [-0.39, 0.29) is 18.4 Å². The number of aromatic amines is 1. The maximum Gasteiger partial charge on any atom is 0.266 e. The summed E-state index contributed by atoms with van der Waals surface area (Å²) in [6.07, 6.45) is 5.19. The minimum atomic E-state index is -0.299. The maximum atomic E-state index is 12.5. The first-order chi connectivity index (χ1) is 11.6. The van der Waals surface area contributed by atoms with Gasteiger partial charge in [0.25, 0.3) is 5.91 Å². The van der Waals surface area contributed by atoms with Gasteiger partial charge in [0.2, 0.25) is 5.91 Å². The molecule has 0 spiro atoms. The highest BCUT2D eigenvalue weighted by Gasteiger charge is 2.33. The number of thioether (sulfide) groups is 1. The zero-order chi connectivity index (χ0) is 16.9. The van der Waals surface area contributed by atoms with Crippen LogP contribution in [0.5, 0.6) is 0 Å². The minimum Gasteiger partial charge on any atom is -0.320 e. The molecule has 0 bridgehead atoms. The average Bonchev–Trinajstić information content (AvgIpc) is 2.84. The summed E-state index contributed by atoms with van der Waals surface area (Å²) < 4.78 is 0.386. The average molecular weight is 356 g/mol. The summed E-state index contributed by atoms with van der Waals surface area (Å²) in [6, 6.07) is 13.1. The molecule has 3 rings (SSSR count). The van der Waals surface area contributed by atoms with Crippen LogP contribution in [0.1, 0.15) is 5.56 Å². The summed E-state index contributed by atoms with van der Waals surface area (Å²) in [5, 5.41) is 2.72. The van der Waals surface area contributed by atoms with Crippen molar-refractivity contribution in [3.8, 4) is 0 Å². The van der Waals surface area contributed by atoms with Gasteiger partial charge in [0.05, 0.1) is 4.91 Å². The van der Waals surface area contributed by atoms with Crippen LogP contribution >= 0.6 is 24.0 Å². The lowest BCUT2D eigenvalue weighted by Crippen LogP contribution is -2.36. The third kappa shape index (κ3) is 3.87. The number of carbonyl (C=O) groups is 2. The van der Waals surface area contributed by atoms with Gasteiger partial charge in [-0.3, -0.25) is 14.5 Å². The van der Waals surface area contributed by atoms with E-state index in [2.05, 4.69) is 10.3 Å². The summed E-state index contributed by atoms with van der Waals surface area (Å²) in [5.41, 5.74) is 1.55. The van der Waals surface area contributed by atoms with Crippen molar-refractivity contribution in [3.05, 3.63) is 65.3 Å². The van der Waals surface area contributed by atoms with E-state index in [9.17, 15) is 9.59 Å². The molecule has 0 atom stereocenters. The number of hydrogen-bond acceptors (Lipinski definition) is 4. The lowest BCUT2D eigenvalue weighted by atomic mass is 10.2. The summed E-state index contributed by atoms with van der Waals surface area (Å²) in [6.45, 7) is -0.105. The fraction of sp³-hybridized carbons (Fsp3) is 0.0588. The topological polar surface area (TPSA) is 63.6 Å². The van der Waals surface area contributed by atoms with E-state index in [4.69, 9.17) is 12.2 Å². The van der Waals surface area contributed by atoms with Crippen LogP contribution in [0.3, 0.4) is 0 Å². The Hall–Kier alpha value is -2.51. The van der Waals surface area contributed by atoms with Crippen LogP contribution in [0.15, 0.2) is 59.8 Å². The number of pyridine rings is 1. The highest BCUT2D eigenvalue weighted by atomic mass is 32.2. The Labute approximate surface area is 148 Å². The molecule has 5 nitrogen and oxygen atoms in total. The van der Waals surface area contributed by atoms with Crippen molar-refractivity contribution in [2.45, 2.75) is 0 Å². The molecule has 1 aromatic carbocycles. The molecule has 1 fully saturated rings. The third-order valence-electron chi connectivity index (χ3n) is 3.26. The molecule has 120 valence electrons. The molecule has 0 saturated carbocycles. The van der Waals surface area contributed by atoms with Crippen LogP contribution in [-0.4, -0.2) is 27.6 Å². The lowest BCUT2D eigenvalue weighted by Gasteiger charge is -2.13. The SMILES string of the molecule is O=C(CN1C(=O)C(=Cc2ccccc2)SC1=S)Nc1ccc[nH+]c1. The van der Waals surface area contributed by atoms with E-state index in [1.54, 1.807) is 30.6 Å². The highest BCUT2D eigenvalue weighted by Crippen LogP contribution is 2.32. The normalized spacial score (nSPS) is 15.8. The molecule has 2 amide bonds. The Morgan fingerprint density at radius 2 is 2.04 bits per heavy atom. The van der Waals surface area contributed by atoms with Crippen LogP contribution in [0.25, 0.3) is 6.08 Å². The molecule has 2 aromatic rings. The number of nitrogens with zero attached hydrogens (tertiary/aromatic N) is 1. The molecule has 1 aliphatic heterocycles. The van der Waals surface area contributed by atoms with Crippen LogP contribution in [0.4, 0.5) is 5.69 Å². The number of amides is 2. The monoisotopic (exact) mass is 356 g/mol. The van der Waals surface area contributed by atoms with Gasteiger partial charge in [0.1, 0.15) is 16.6 Å². The van der Waals surface area contributed by atoms with Gasteiger partial charge in [0.15, 0.2) is 12.4 Å². The Kier molecular flexibility index (Phi) is 5.02. The summed E-state index contributed by atoms with van der Waals surface area (Å²) in [4.78, 5) is 29.3. The molecule has 24 heavy (non-hydrogen) atoms. The third-order valence-corrected chi connectivity index (χ3v) is 4.64. The Morgan fingerprint density at radius 3 is 2.75 bits per heavy atom. The molecule has 0 unspecified atom stereocenters. The minimum absolute atomic E-state index is 0.105. The summed E-state index contributed by atoms with van der Waals surface area (Å²) >= 11 is 6.44. The smallest absolute Gasteiger partial charge is 0.266 e. The Bertz CT molecular complexity index is 807. The van der Waals surface area contributed by atoms with Gasteiger partial charge in [0, 0.05) is 6.07 Å². The number of anilines is 1. The van der Waals surface area contributed by atoms with Crippen LogP contribution in [0.2, 0.25) is 0 Å². The van der Waals surface area contributed by atoms with Crippen LogP contribution < -0.4 is 10.3 Å². The van der Waals surface area contributed by atoms with Crippen molar-refractivity contribution in [2.24, 2.45) is 0 Å². The highest BCUT2D eigenvalue weighted by molar-refractivity contribution is 8.26. The van der Waals surface area contributed by atoms with E-state index in [0.717, 1.165) is 5.56 Å². The molecular weight excluding hydrogens is 342 g/mol. The van der Waals surface area contributed by atoms with Crippen molar-refractivity contribution < 1.29 is 14.6 Å². The number of hydrogen-bond donors (Lipinski definition) is 1. The number of carbonyl (C=O) groups excluding carboxylic acids is 2. The van der Waals surface area contributed by atoms with Gasteiger partial charge < -0.3 is 5.32 Å². The van der Waals surface area contributed by atoms with Crippen molar-refractivity contribution in [1.82, 2.24) is 4.90 Å². The Balaban J connectivity index is 1.68. The van der Waals surface area contributed by atoms with Gasteiger partial charge in [-0.15, -0.1) is 0 Å². The van der Waals surface area contributed by atoms with Gasteiger partial charge in [-0.05, 0) is 17.7 Å². The second kappa shape index (κ2) is 7.37. The van der Waals surface area contributed by atoms with E-state index < -0.39 is 0 Å². The van der Waals surface area contributed by atoms with Crippen molar-refractivity contribution in [3.63, 3.8) is 0 Å². The predicted molar refractivity (Wildman–Crippen MR) is 97.9 cm³/mol. The second-order valence-corrected chi connectivity index (χ2v) is 6.69. The number of nitrogens with one attached hydrogen (secondary N) is 2. The molecule has 2 N–H and O–H groups in total. The summed E-state index contributed by atoms with van der Waals surface area (Å²) in [7, 11) is 0. The molecule has 1 aromatic heterocycles. The van der Waals surface area contributed by atoms with Crippen molar-refractivity contribution in [2.75, 3.05) is 11.9 Å². The Morgan fingerprint density at radius 1 is 1.25 bits per heavy atom. The molecule has 1 aliphatic rings. The van der Waals surface area contributed by atoms with E-state index >= 15 is 0 Å². The molecule has 0 aliphatic carbocycles. The molecule has 0 radical (unpaired) electrons. The zero-order valence-electron chi connectivity index (χ0n) is 12.6. The van der Waals surface area contributed by atoms with Crippen molar-refractivity contribution >= 4 is 51.9 Å².